The second-order valence-electron chi connectivity index (χ2n) is 5.43. The standard InChI is InChI=1S/C18H17NOS/c1-2-4-17-16(3-1)14(7-9-20-17)12-19-15-5-6-18-13(11-15)8-10-21-18/h1-6,8,10-11,14,19H,7,9,12H2. The Kier molecular flexibility index (Phi) is 3.28. The number of thiophene rings is 1. The minimum Gasteiger partial charge on any atom is -0.493 e. The molecule has 4 rings (SSSR count). The molecule has 1 atom stereocenters. The Bertz CT molecular complexity index is 765. The van der Waals surface area contributed by atoms with E-state index in [4.69, 9.17) is 4.74 Å². The second-order valence-corrected chi connectivity index (χ2v) is 6.37. The summed E-state index contributed by atoms with van der Waals surface area (Å²) in [6.45, 7) is 1.77. The number of anilines is 1. The zero-order valence-corrected chi connectivity index (χ0v) is 12.5. The molecule has 0 spiro atoms. The highest BCUT2D eigenvalue weighted by Gasteiger charge is 2.20. The molecule has 2 heterocycles. The fraction of sp³-hybridized carbons (Fsp3) is 0.222. The van der Waals surface area contributed by atoms with Gasteiger partial charge in [0.2, 0.25) is 0 Å². The average molecular weight is 295 g/mol. The van der Waals surface area contributed by atoms with E-state index >= 15 is 0 Å². The fourth-order valence-electron chi connectivity index (χ4n) is 2.95. The third-order valence-electron chi connectivity index (χ3n) is 4.09. The molecule has 1 N–H and O–H groups in total. The molecule has 0 saturated heterocycles. The fourth-order valence-corrected chi connectivity index (χ4v) is 3.72. The number of hydrogen-bond donors (Lipinski definition) is 1. The van der Waals surface area contributed by atoms with Crippen molar-refractivity contribution in [2.75, 3.05) is 18.5 Å². The topological polar surface area (TPSA) is 21.3 Å². The molecule has 3 aromatic rings. The smallest absolute Gasteiger partial charge is 0.122 e. The maximum absolute atomic E-state index is 5.73. The summed E-state index contributed by atoms with van der Waals surface area (Å²) < 4.78 is 7.07. The van der Waals surface area contributed by atoms with E-state index in [1.807, 2.05) is 6.07 Å². The second kappa shape index (κ2) is 5.41. The maximum Gasteiger partial charge on any atom is 0.122 e. The van der Waals surface area contributed by atoms with Gasteiger partial charge in [0.25, 0.3) is 0 Å². The van der Waals surface area contributed by atoms with Crippen LogP contribution in [0.25, 0.3) is 10.1 Å². The highest BCUT2D eigenvalue weighted by Crippen LogP contribution is 2.33. The lowest BCUT2D eigenvalue weighted by Crippen LogP contribution is -2.20. The SMILES string of the molecule is c1ccc2c(c1)OCCC2CNc1ccc2sccc2c1. The van der Waals surface area contributed by atoms with Crippen LogP contribution in [0.4, 0.5) is 5.69 Å². The minimum atomic E-state index is 0.521. The summed E-state index contributed by atoms with van der Waals surface area (Å²) in [6.07, 6.45) is 1.07. The first kappa shape index (κ1) is 12.7. The summed E-state index contributed by atoms with van der Waals surface area (Å²) in [5.74, 6) is 1.57. The Labute approximate surface area is 128 Å². The van der Waals surface area contributed by atoms with Crippen LogP contribution in [0.2, 0.25) is 0 Å². The number of ether oxygens (including phenoxy) is 1. The van der Waals surface area contributed by atoms with Crippen LogP contribution in [0.5, 0.6) is 5.75 Å². The molecule has 0 radical (unpaired) electrons. The molecule has 0 amide bonds. The van der Waals surface area contributed by atoms with E-state index in [1.54, 1.807) is 11.3 Å². The molecule has 0 bridgehead atoms. The Morgan fingerprint density at radius 2 is 2.10 bits per heavy atom. The van der Waals surface area contributed by atoms with Crippen molar-refractivity contribution in [3.05, 3.63) is 59.5 Å². The van der Waals surface area contributed by atoms with E-state index in [0.29, 0.717) is 5.92 Å². The van der Waals surface area contributed by atoms with Gasteiger partial charge in [0.1, 0.15) is 5.75 Å². The van der Waals surface area contributed by atoms with Crippen molar-refractivity contribution in [3.63, 3.8) is 0 Å². The summed E-state index contributed by atoms with van der Waals surface area (Å²) in [4.78, 5) is 0. The molecule has 21 heavy (non-hydrogen) atoms. The lowest BCUT2D eigenvalue weighted by Gasteiger charge is -2.26. The van der Waals surface area contributed by atoms with Crippen molar-refractivity contribution in [1.29, 1.82) is 0 Å². The molecule has 2 nitrogen and oxygen atoms in total. The Balaban J connectivity index is 1.52. The van der Waals surface area contributed by atoms with Gasteiger partial charge in [-0.2, -0.15) is 0 Å². The number of rotatable bonds is 3. The summed E-state index contributed by atoms with van der Waals surface area (Å²) in [7, 11) is 0. The predicted octanol–water partition coefficient (Wildman–Crippen LogP) is 4.88. The molecule has 0 saturated carbocycles. The Hall–Kier alpha value is -2.00. The maximum atomic E-state index is 5.73. The van der Waals surface area contributed by atoms with Gasteiger partial charge in [0.15, 0.2) is 0 Å². The summed E-state index contributed by atoms with van der Waals surface area (Å²) in [5, 5.41) is 7.05. The van der Waals surface area contributed by atoms with E-state index in [1.165, 1.54) is 21.3 Å². The number of para-hydroxylation sites is 1. The quantitative estimate of drug-likeness (QED) is 0.743. The monoisotopic (exact) mass is 295 g/mol. The number of hydrogen-bond acceptors (Lipinski definition) is 3. The van der Waals surface area contributed by atoms with E-state index < -0.39 is 0 Å². The highest BCUT2D eigenvalue weighted by molar-refractivity contribution is 7.17. The van der Waals surface area contributed by atoms with Gasteiger partial charge >= 0.3 is 0 Å². The summed E-state index contributed by atoms with van der Waals surface area (Å²) in [5.41, 5.74) is 2.53. The van der Waals surface area contributed by atoms with Crippen LogP contribution < -0.4 is 10.1 Å². The van der Waals surface area contributed by atoms with Crippen LogP contribution in [0, 0.1) is 0 Å². The number of nitrogens with one attached hydrogen (secondary N) is 1. The molecule has 2 aromatic carbocycles. The first-order chi connectivity index (χ1) is 10.4. The van der Waals surface area contributed by atoms with Gasteiger partial charge in [-0.25, -0.2) is 0 Å². The predicted molar refractivity (Wildman–Crippen MR) is 89.6 cm³/mol. The molecule has 1 unspecified atom stereocenters. The minimum absolute atomic E-state index is 0.521. The molecular weight excluding hydrogens is 278 g/mol. The Morgan fingerprint density at radius 1 is 1.14 bits per heavy atom. The van der Waals surface area contributed by atoms with Gasteiger partial charge in [-0.1, -0.05) is 18.2 Å². The first-order valence-corrected chi connectivity index (χ1v) is 8.21. The molecule has 1 aromatic heterocycles. The molecular formula is C18H17NOS. The van der Waals surface area contributed by atoms with Crippen molar-refractivity contribution in [1.82, 2.24) is 0 Å². The van der Waals surface area contributed by atoms with Crippen molar-refractivity contribution < 1.29 is 4.74 Å². The van der Waals surface area contributed by atoms with Crippen LogP contribution >= 0.6 is 11.3 Å². The van der Waals surface area contributed by atoms with Gasteiger partial charge in [-0.3, -0.25) is 0 Å². The summed E-state index contributed by atoms with van der Waals surface area (Å²) in [6, 6.07) is 17.2. The van der Waals surface area contributed by atoms with Crippen LogP contribution in [0.1, 0.15) is 17.9 Å². The van der Waals surface area contributed by atoms with E-state index in [0.717, 1.165) is 25.3 Å². The molecule has 0 fully saturated rings. The van der Waals surface area contributed by atoms with Crippen LogP contribution in [0.15, 0.2) is 53.9 Å². The normalized spacial score (nSPS) is 17.2. The third-order valence-corrected chi connectivity index (χ3v) is 4.99. The van der Waals surface area contributed by atoms with E-state index in [9.17, 15) is 0 Å². The molecule has 1 aliphatic heterocycles. The molecule has 1 aliphatic rings. The number of benzene rings is 2. The lowest BCUT2D eigenvalue weighted by molar-refractivity contribution is 0.270. The molecule has 106 valence electrons. The number of fused-ring (bicyclic) bond motifs is 2. The van der Waals surface area contributed by atoms with Crippen molar-refractivity contribution in [2.24, 2.45) is 0 Å². The van der Waals surface area contributed by atoms with Gasteiger partial charge in [0.05, 0.1) is 6.61 Å². The van der Waals surface area contributed by atoms with Gasteiger partial charge in [-0.05, 0) is 53.1 Å². The van der Waals surface area contributed by atoms with Crippen LogP contribution in [-0.2, 0) is 0 Å². The third kappa shape index (κ3) is 2.49. The first-order valence-electron chi connectivity index (χ1n) is 7.33. The van der Waals surface area contributed by atoms with Crippen LogP contribution in [0.3, 0.4) is 0 Å². The summed E-state index contributed by atoms with van der Waals surface area (Å²) >= 11 is 1.79. The van der Waals surface area contributed by atoms with Crippen LogP contribution in [-0.4, -0.2) is 13.2 Å². The van der Waals surface area contributed by atoms with E-state index in [-0.39, 0.29) is 0 Å². The van der Waals surface area contributed by atoms with E-state index in [2.05, 4.69) is 53.2 Å². The van der Waals surface area contributed by atoms with Gasteiger partial charge < -0.3 is 10.1 Å². The zero-order chi connectivity index (χ0) is 14.1. The lowest BCUT2D eigenvalue weighted by atomic mass is 9.93. The zero-order valence-electron chi connectivity index (χ0n) is 11.7. The van der Waals surface area contributed by atoms with Gasteiger partial charge in [0, 0.05) is 22.8 Å². The molecule has 0 aliphatic carbocycles. The van der Waals surface area contributed by atoms with Gasteiger partial charge in [-0.15, -0.1) is 11.3 Å². The average Bonchev–Trinajstić information content (AvgIpc) is 3.00. The van der Waals surface area contributed by atoms with Crippen molar-refractivity contribution in [2.45, 2.75) is 12.3 Å². The Morgan fingerprint density at radius 3 is 3.10 bits per heavy atom. The van der Waals surface area contributed by atoms with Crippen molar-refractivity contribution >= 4 is 27.1 Å². The van der Waals surface area contributed by atoms with Crippen molar-refractivity contribution in [3.8, 4) is 5.75 Å². The molecule has 3 heteroatoms. The largest absolute Gasteiger partial charge is 0.493 e. The highest BCUT2D eigenvalue weighted by atomic mass is 32.1.